The van der Waals surface area contributed by atoms with Crippen LogP contribution in [-0.4, -0.2) is 49.0 Å². The first-order valence-electron chi connectivity index (χ1n) is 10.8. The number of nitrogens with one attached hydrogen (secondary N) is 1. The monoisotopic (exact) mass is 432 g/mol. The molecule has 2 heterocycles. The summed E-state index contributed by atoms with van der Waals surface area (Å²) in [7, 11) is 0. The zero-order chi connectivity index (χ0) is 22.5. The summed E-state index contributed by atoms with van der Waals surface area (Å²) in [5.74, 6) is 1.39. The van der Waals surface area contributed by atoms with Gasteiger partial charge in [0.05, 0.1) is 18.9 Å². The third-order valence-corrected chi connectivity index (χ3v) is 5.38. The van der Waals surface area contributed by atoms with Crippen LogP contribution >= 0.6 is 0 Å². The number of hydrogen-bond donors (Lipinski definition) is 1. The number of ether oxygens (including phenoxy) is 2. The zero-order valence-corrected chi connectivity index (χ0v) is 18.7. The van der Waals surface area contributed by atoms with Crippen molar-refractivity contribution >= 4 is 17.4 Å². The number of aromatic nitrogens is 2. The first-order valence-corrected chi connectivity index (χ1v) is 10.8. The number of nitrogens with zero attached hydrogens (tertiary/aromatic N) is 3. The Hall–Kier alpha value is -3.45. The van der Waals surface area contributed by atoms with Crippen molar-refractivity contribution in [2.24, 2.45) is 0 Å². The number of rotatable bonds is 6. The van der Waals surface area contributed by atoms with Crippen LogP contribution in [-0.2, 0) is 9.53 Å². The van der Waals surface area contributed by atoms with Gasteiger partial charge in [-0.05, 0) is 56.2 Å². The van der Waals surface area contributed by atoms with E-state index >= 15 is 0 Å². The Morgan fingerprint density at radius 2 is 1.78 bits per heavy atom. The molecule has 0 unspecified atom stereocenters. The van der Waals surface area contributed by atoms with Gasteiger partial charge in [-0.2, -0.15) is 0 Å². The van der Waals surface area contributed by atoms with Gasteiger partial charge in [-0.25, -0.2) is 0 Å². The average Bonchev–Trinajstić information content (AvgIpc) is 2.79. The molecule has 0 bridgehead atoms. The zero-order valence-electron chi connectivity index (χ0n) is 18.7. The van der Waals surface area contributed by atoms with Gasteiger partial charge in [-0.15, -0.1) is 10.2 Å². The van der Waals surface area contributed by atoms with Crippen LogP contribution in [0.4, 0.5) is 11.5 Å². The molecule has 0 aliphatic carbocycles. The molecule has 0 spiro atoms. The van der Waals surface area contributed by atoms with Crippen molar-refractivity contribution in [1.29, 1.82) is 0 Å². The fourth-order valence-electron chi connectivity index (χ4n) is 3.93. The van der Waals surface area contributed by atoms with Gasteiger partial charge in [0.25, 0.3) is 5.91 Å². The normalized spacial score (nSPS) is 13.7. The summed E-state index contributed by atoms with van der Waals surface area (Å²) >= 11 is 0. The quantitative estimate of drug-likeness (QED) is 0.636. The Morgan fingerprint density at radius 3 is 2.47 bits per heavy atom. The second-order valence-corrected chi connectivity index (χ2v) is 8.02. The average molecular weight is 433 g/mol. The number of anilines is 2. The van der Waals surface area contributed by atoms with E-state index in [0.717, 1.165) is 47.0 Å². The fraction of sp³-hybridized carbons (Fsp3) is 0.320. The highest BCUT2D eigenvalue weighted by atomic mass is 16.5. The molecular formula is C25H28N4O3. The molecule has 0 radical (unpaired) electrons. The third-order valence-electron chi connectivity index (χ3n) is 5.38. The second-order valence-electron chi connectivity index (χ2n) is 8.02. The van der Waals surface area contributed by atoms with E-state index < -0.39 is 0 Å². The van der Waals surface area contributed by atoms with Crippen LogP contribution in [0.2, 0.25) is 0 Å². The van der Waals surface area contributed by atoms with Gasteiger partial charge < -0.3 is 19.7 Å². The molecule has 32 heavy (non-hydrogen) atoms. The predicted molar refractivity (Wildman–Crippen MR) is 125 cm³/mol. The lowest BCUT2D eigenvalue weighted by Gasteiger charge is -2.27. The smallest absolute Gasteiger partial charge is 0.262 e. The molecule has 2 aromatic carbocycles. The van der Waals surface area contributed by atoms with Crippen LogP contribution in [0.1, 0.15) is 16.7 Å². The van der Waals surface area contributed by atoms with Crippen molar-refractivity contribution in [3.63, 3.8) is 0 Å². The van der Waals surface area contributed by atoms with Crippen molar-refractivity contribution in [2.75, 3.05) is 43.1 Å². The predicted octanol–water partition coefficient (Wildman–Crippen LogP) is 3.92. The minimum atomic E-state index is -0.213. The molecule has 0 saturated carbocycles. The number of morpholine rings is 1. The molecule has 3 aromatic rings. The summed E-state index contributed by atoms with van der Waals surface area (Å²) in [4.78, 5) is 14.6. The molecule has 4 rings (SSSR count). The Balaban J connectivity index is 1.39. The van der Waals surface area contributed by atoms with Crippen molar-refractivity contribution in [1.82, 2.24) is 10.2 Å². The fourth-order valence-corrected chi connectivity index (χ4v) is 3.93. The molecule has 1 amide bonds. The standard InChI is InChI=1S/C25H28N4O3/c1-17-13-18(2)25(19(3)14-17)32-16-24(30)26-21-6-4-5-20(15-21)22-7-8-23(28-27-22)29-9-11-31-12-10-29/h4-8,13-15H,9-12,16H2,1-3H3,(H,26,30). The number of aryl methyl sites for hydroxylation is 3. The lowest BCUT2D eigenvalue weighted by molar-refractivity contribution is -0.118. The molecule has 1 aromatic heterocycles. The van der Waals surface area contributed by atoms with Gasteiger partial charge in [-0.1, -0.05) is 29.8 Å². The SMILES string of the molecule is Cc1cc(C)c(OCC(=O)Nc2cccc(-c3ccc(N4CCOCC4)nn3)c2)c(C)c1. The minimum Gasteiger partial charge on any atom is -0.483 e. The number of amides is 1. The van der Waals surface area contributed by atoms with Crippen LogP contribution in [0, 0.1) is 20.8 Å². The van der Waals surface area contributed by atoms with Crippen LogP contribution in [0.25, 0.3) is 11.3 Å². The first kappa shape index (κ1) is 21.8. The van der Waals surface area contributed by atoms with E-state index in [-0.39, 0.29) is 12.5 Å². The van der Waals surface area contributed by atoms with Gasteiger partial charge in [0.1, 0.15) is 5.75 Å². The van der Waals surface area contributed by atoms with Crippen LogP contribution in [0.3, 0.4) is 0 Å². The van der Waals surface area contributed by atoms with Gasteiger partial charge >= 0.3 is 0 Å². The molecule has 1 aliphatic rings. The summed E-state index contributed by atoms with van der Waals surface area (Å²) in [5.41, 5.74) is 5.55. The highest BCUT2D eigenvalue weighted by Crippen LogP contribution is 2.25. The summed E-state index contributed by atoms with van der Waals surface area (Å²) in [6.07, 6.45) is 0. The van der Waals surface area contributed by atoms with Crippen molar-refractivity contribution in [2.45, 2.75) is 20.8 Å². The largest absolute Gasteiger partial charge is 0.483 e. The number of carbonyl (C=O) groups excluding carboxylic acids is 1. The Kier molecular flexibility index (Phi) is 6.66. The molecule has 166 valence electrons. The summed E-state index contributed by atoms with van der Waals surface area (Å²) in [5, 5.41) is 11.6. The van der Waals surface area contributed by atoms with E-state index in [2.05, 4.69) is 32.5 Å². The van der Waals surface area contributed by atoms with Gasteiger partial charge in [0.2, 0.25) is 0 Å². The molecule has 1 saturated heterocycles. The maximum absolute atomic E-state index is 12.5. The Morgan fingerprint density at radius 1 is 1.03 bits per heavy atom. The lowest BCUT2D eigenvalue weighted by Crippen LogP contribution is -2.36. The minimum absolute atomic E-state index is 0.0526. The van der Waals surface area contributed by atoms with Crippen LogP contribution < -0.4 is 15.0 Å². The van der Waals surface area contributed by atoms with Gasteiger partial charge in [0.15, 0.2) is 12.4 Å². The summed E-state index contributed by atoms with van der Waals surface area (Å²) < 4.78 is 11.2. The van der Waals surface area contributed by atoms with Crippen molar-refractivity contribution < 1.29 is 14.3 Å². The van der Waals surface area contributed by atoms with E-state index in [0.29, 0.717) is 18.9 Å². The summed E-state index contributed by atoms with van der Waals surface area (Å²) in [6.45, 7) is 9.02. The van der Waals surface area contributed by atoms with Gasteiger partial charge in [0, 0.05) is 24.3 Å². The molecule has 1 fully saturated rings. The lowest BCUT2D eigenvalue weighted by atomic mass is 10.1. The van der Waals surface area contributed by atoms with E-state index in [1.807, 2.05) is 57.2 Å². The molecule has 7 nitrogen and oxygen atoms in total. The second kappa shape index (κ2) is 9.78. The van der Waals surface area contributed by atoms with Crippen molar-refractivity contribution in [3.8, 4) is 17.0 Å². The first-order chi connectivity index (χ1) is 15.5. The number of carbonyl (C=O) groups is 1. The Bertz CT molecular complexity index is 1070. The van der Waals surface area contributed by atoms with E-state index in [9.17, 15) is 4.79 Å². The van der Waals surface area contributed by atoms with Crippen LogP contribution in [0.15, 0.2) is 48.5 Å². The number of benzene rings is 2. The summed E-state index contributed by atoms with van der Waals surface area (Å²) in [6, 6.07) is 15.6. The highest BCUT2D eigenvalue weighted by Gasteiger charge is 2.13. The number of hydrogen-bond acceptors (Lipinski definition) is 6. The highest BCUT2D eigenvalue weighted by molar-refractivity contribution is 5.92. The Labute approximate surface area is 188 Å². The van der Waals surface area contributed by atoms with Crippen LogP contribution in [0.5, 0.6) is 5.75 Å². The van der Waals surface area contributed by atoms with E-state index in [1.165, 1.54) is 5.56 Å². The molecule has 1 aliphatic heterocycles. The van der Waals surface area contributed by atoms with Crippen molar-refractivity contribution in [3.05, 3.63) is 65.2 Å². The molecule has 0 atom stereocenters. The molecular weight excluding hydrogens is 404 g/mol. The van der Waals surface area contributed by atoms with E-state index in [1.54, 1.807) is 0 Å². The van der Waals surface area contributed by atoms with Gasteiger partial charge in [-0.3, -0.25) is 4.79 Å². The molecule has 7 heteroatoms. The maximum Gasteiger partial charge on any atom is 0.262 e. The van der Waals surface area contributed by atoms with E-state index in [4.69, 9.17) is 9.47 Å². The maximum atomic E-state index is 12.5. The topological polar surface area (TPSA) is 76.6 Å². The molecule has 1 N–H and O–H groups in total. The third kappa shape index (κ3) is 5.23.